The zero-order valence-electron chi connectivity index (χ0n) is 13.2. The van der Waals surface area contributed by atoms with Crippen molar-refractivity contribution in [1.29, 1.82) is 0 Å². The molecule has 0 bridgehead atoms. The molecule has 23 heavy (non-hydrogen) atoms. The fourth-order valence-corrected chi connectivity index (χ4v) is 2.98. The molecular weight excluding hydrogens is 296 g/mol. The third kappa shape index (κ3) is 3.34. The first-order valence-corrected chi connectivity index (χ1v) is 7.52. The highest BCUT2D eigenvalue weighted by Gasteiger charge is 2.34. The number of aromatic nitrogens is 2. The van der Waals surface area contributed by atoms with Gasteiger partial charge in [-0.15, -0.1) is 0 Å². The van der Waals surface area contributed by atoms with Crippen molar-refractivity contribution in [3.05, 3.63) is 41.4 Å². The predicted molar refractivity (Wildman–Crippen MR) is 84.2 cm³/mol. The van der Waals surface area contributed by atoms with E-state index in [0.29, 0.717) is 11.5 Å². The first kappa shape index (κ1) is 15.5. The van der Waals surface area contributed by atoms with Crippen LogP contribution < -0.4 is 10.6 Å². The van der Waals surface area contributed by atoms with Crippen molar-refractivity contribution >= 4 is 11.7 Å². The van der Waals surface area contributed by atoms with Gasteiger partial charge in [-0.1, -0.05) is 5.16 Å². The summed E-state index contributed by atoms with van der Waals surface area (Å²) in [7, 11) is 1.72. The van der Waals surface area contributed by atoms with Crippen LogP contribution in [0, 0.1) is 12.8 Å². The molecule has 3 rings (SSSR count). The third-order valence-electron chi connectivity index (χ3n) is 4.18. The number of methoxy groups -OCH3 is 1. The number of rotatable bonds is 5. The Bertz CT molecular complexity index is 683. The van der Waals surface area contributed by atoms with Crippen molar-refractivity contribution in [2.75, 3.05) is 25.1 Å². The molecular formula is C16H20N4O3. The standard InChI is InChI=1S/C16H20N4O3/c1-10-5-13(23-19-10)6-12-8-20(9-14(12)22-2)15-4-3-11(7-18-15)16(17)21/h3-5,7,12,14H,6,8-9H2,1-2H3,(H2,17,21)/t12-,14+/m1/s1. The molecule has 0 aromatic carbocycles. The van der Waals surface area contributed by atoms with E-state index in [1.807, 2.05) is 19.1 Å². The number of carbonyl (C=O) groups is 1. The van der Waals surface area contributed by atoms with Gasteiger partial charge in [0.25, 0.3) is 0 Å². The summed E-state index contributed by atoms with van der Waals surface area (Å²) in [6.45, 7) is 3.46. The van der Waals surface area contributed by atoms with Gasteiger partial charge in [-0.2, -0.15) is 0 Å². The summed E-state index contributed by atoms with van der Waals surface area (Å²) in [6, 6.07) is 5.46. The second-order valence-corrected chi connectivity index (χ2v) is 5.85. The van der Waals surface area contributed by atoms with Crippen LogP contribution in [0.5, 0.6) is 0 Å². The third-order valence-corrected chi connectivity index (χ3v) is 4.18. The maximum atomic E-state index is 11.1. The highest BCUT2D eigenvalue weighted by atomic mass is 16.5. The van der Waals surface area contributed by atoms with Gasteiger partial charge in [0, 0.05) is 44.8 Å². The number of aryl methyl sites for hydroxylation is 1. The first-order chi connectivity index (χ1) is 11.1. The minimum Gasteiger partial charge on any atom is -0.379 e. The minimum atomic E-state index is -0.473. The van der Waals surface area contributed by atoms with Crippen LogP contribution in [0.3, 0.4) is 0 Å². The van der Waals surface area contributed by atoms with Crippen molar-refractivity contribution in [3.8, 4) is 0 Å². The molecule has 122 valence electrons. The van der Waals surface area contributed by atoms with Gasteiger partial charge < -0.3 is 19.9 Å². The lowest BCUT2D eigenvalue weighted by Crippen LogP contribution is -2.23. The van der Waals surface area contributed by atoms with Gasteiger partial charge in [0.15, 0.2) is 0 Å². The molecule has 3 heterocycles. The zero-order valence-corrected chi connectivity index (χ0v) is 13.2. The molecule has 0 saturated carbocycles. The first-order valence-electron chi connectivity index (χ1n) is 7.52. The van der Waals surface area contributed by atoms with Crippen LogP contribution >= 0.6 is 0 Å². The fraction of sp³-hybridized carbons (Fsp3) is 0.438. The summed E-state index contributed by atoms with van der Waals surface area (Å²) in [5.41, 5.74) is 6.53. The lowest BCUT2D eigenvalue weighted by atomic mass is 10.0. The highest BCUT2D eigenvalue weighted by molar-refractivity contribution is 5.92. The number of hydrogen-bond donors (Lipinski definition) is 1. The topological polar surface area (TPSA) is 94.5 Å². The van der Waals surface area contributed by atoms with E-state index >= 15 is 0 Å². The van der Waals surface area contributed by atoms with Gasteiger partial charge in [-0.25, -0.2) is 4.98 Å². The summed E-state index contributed by atoms with van der Waals surface area (Å²) in [5.74, 6) is 1.51. The normalized spacial score (nSPS) is 20.9. The number of carbonyl (C=O) groups excluding carboxylic acids is 1. The molecule has 1 aliphatic rings. The number of hydrogen-bond acceptors (Lipinski definition) is 6. The Kier molecular flexibility index (Phi) is 4.29. The Labute approximate surface area is 134 Å². The molecule has 1 fully saturated rings. The molecule has 2 N–H and O–H groups in total. The molecule has 1 amide bonds. The summed E-state index contributed by atoms with van der Waals surface area (Å²) in [4.78, 5) is 17.6. The maximum absolute atomic E-state index is 11.1. The monoisotopic (exact) mass is 316 g/mol. The molecule has 2 aromatic heterocycles. The molecule has 2 atom stereocenters. The minimum absolute atomic E-state index is 0.0954. The number of amides is 1. The van der Waals surface area contributed by atoms with Crippen molar-refractivity contribution in [3.63, 3.8) is 0 Å². The van der Waals surface area contributed by atoms with Crippen LogP contribution in [0.4, 0.5) is 5.82 Å². The predicted octanol–water partition coefficient (Wildman–Crippen LogP) is 1.17. The number of nitrogens with zero attached hydrogens (tertiary/aromatic N) is 3. The van der Waals surface area contributed by atoms with Gasteiger partial charge in [0.2, 0.25) is 5.91 Å². The van der Waals surface area contributed by atoms with E-state index in [4.69, 9.17) is 15.0 Å². The van der Waals surface area contributed by atoms with Gasteiger partial charge in [-0.3, -0.25) is 4.79 Å². The van der Waals surface area contributed by atoms with E-state index in [0.717, 1.165) is 36.8 Å². The van der Waals surface area contributed by atoms with Gasteiger partial charge in [0.1, 0.15) is 11.6 Å². The molecule has 0 spiro atoms. The Hall–Kier alpha value is -2.41. The van der Waals surface area contributed by atoms with E-state index in [1.165, 1.54) is 6.20 Å². The molecule has 1 aliphatic heterocycles. The van der Waals surface area contributed by atoms with Crippen LogP contribution in [0.1, 0.15) is 21.8 Å². The summed E-state index contributed by atoms with van der Waals surface area (Å²) < 4.78 is 10.9. The van der Waals surface area contributed by atoms with E-state index < -0.39 is 5.91 Å². The molecule has 1 saturated heterocycles. The Morgan fingerprint density at radius 1 is 1.48 bits per heavy atom. The largest absolute Gasteiger partial charge is 0.379 e. The number of nitrogens with two attached hydrogens (primary N) is 1. The molecule has 0 aliphatic carbocycles. The average molecular weight is 316 g/mol. The van der Waals surface area contributed by atoms with Crippen molar-refractivity contribution in [1.82, 2.24) is 10.1 Å². The lowest BCUT2D eigenvalue weighted by Gasteiger charge is -2.16. The number of ether oxygens (including phenoxy) is 1. The average Bonchev–Trinajstić information content (AvgIpc) is 3.14. The fourth-order valence-electron chi connectivity index (χ4n) is 2.98. The summed E-state index contributed by atoms with van der Waals surface area (Å²) in [5, 5.41) is 3.93. The van der Waals surface area contributed by atoms with E-state index in [9.17, 15) is 4.79 Å². The second-order valence-electron chi connectivity index (χ2n) is 5.85. The maximum Gasteiger partial charge on any atom is 0.250 e. The van der Waals surface area contributed by atoms with Crippen LogP contribution in [-0.2, 0) is 11.2 Å². The van der Waals surface area contributed by atoms with E-state index in [1.54, 1.807) is 13.2 Å². The highest BCUT2D eigenvalue weighted by Crippen LogP contribution is 2.27. The number of anilines is 1. The van der Waals surface area contributed by atoms with Crippen molar-refractivity contribution in [2.45, 2.75) is 19.4 Å². The molecule has 2 aromatic rings. The smallest absolute Gasteiger partial charge is 0.250 e. The molecule has 0 radical (unpaired) electrons. The van der Waals surface area contributed by atoms with Crippen molar-refractivity contribution in [2.24, 2.45) is 11.7 Å². The van der Waals surface area contributed by atoms with Crippen LogP contribution in [-0.4, -0.2) is 42.4 Å². The Balaban J connectivity index is 1.71. The Morgan fingerprint density at radius 2 is 2.30 bits per heavy atom. The van der Waals surface area contributed by atoms with E-state index in [-0.39, 0.29) is 6.10 Å². The van der Waals surface area contributed by atoms with E-state index in [2.05, 4.69) is 15.0 Å². The lowest BCUT2D eigenvalue weighted by molar-refractivity contribution is 0.0812. The number of pyridine rings is 1. The number of primary amides is 1. The van der Waals surface area contributed by atoms with Gasteiger partial charge in [-0.05, 0) is 19.1 Å². The SMILES string of the molecule is CO[C@H]1CN(c2ccc(C(N)=O)cn2)C[C@H]1Cc1cc(C)no1. The summed E-state index contributed by atoms with van der Waals surface area (Å²) in [6.07, 6.45) is 2.37. The van der Waals surface area contributed by atoms with Crippen LogP contribution in [0.2, 0.25) is 0 Å². The molecule has 7 heteroatoms. The molecule has 7 nitrogen and oxygen atoms in total. The molecule has 0 unspecified atom stereocenters. The van der Waals surface area contributed by atoms with Gasteiger partial charge >= 0.3 is 0 Å². The Morgan fingerprint density at radius 3 is 2.87 bits per heavy atom. The van der Waals surface area contributed by atoms with Crippen LogP contribution in [0.15, 0.2) is 28.9 Å². The summed E-state index contributed by atoms with van der Waals surface area (Å²) >= 11 is 0. The van der Waals surface area contributed by atoms with Crippen molar-refractivity contribution < 1.29 is 14.1 Å². The van der Waals surface area contributed by atoms with Crippen LogP contribution in [0.25, 0.3) is 0 Å². The van der Waals surface area contributed by atoms with Gasteiger partial charge in [0.05, 0.1) is 17.4 Å². The second kappa shape index (κ2) is 6.37. The zero-order chi connectivity index (χ0) is 16.4. The quantitative estimate of drug-likeness (QED) is 0.890.